The molecule has 1 aromatic carbocycles. The van der Waals surface area contributed by atoms with Crippen molar-refractivity contribution in [3.8, 4) is 11.1 Å². The van der Waals surface area contributed by atoms with E-state index in [1.807, 2.05) is 0 Å². The van der Waals surface area contributed by atoms with Crippen molar-refractivity contribution in [1.29, 1.82) is 0 Å². The summed E-state index contributed by atoms with van der Waals surface area (Å²) in [7, 11) is 0. The molecule has 0 radical (unpaired) electrons. The van der Waals surface area contributed by atoms with Crippen LogP contribution in [0.2, 0.25) is 5.02 Å². The van der Waals surface area contributed by atoms with Crippen LogP contribution in [0.15, 0.2) is 42.6 Å². The largest absolute Gasteiger partial charge is 0.344 e. The summed E-state index contributed by atoms with van der Waals surface area (Å²) in [5.74, 6) is -6.86. The van der Waals surface area contributed by atoms with Crippen LogP contribution in [0.1, 0.15) is 18.5 Å². The maximum absolute atomic E-state index is 15.5. The zero-order valence-corrected chi connectivity index (χ0v) is 19.5. The van der Waals surface area contributed by atoms with Crippen LogP contribution in [-0.4, -0.2) is 47.3 Å². The number of aromatic nitrogens is 2. The molecule has 1 saturated heterocycles. The van der Waals surface area contributed by atoms with E-state index in [9.17, 15) is 22.8 Å². The first-order valence-electron chi connectivity index (χ1n) is 10.9. The van der Waals surface area contributed by atoms with Crippen LogP contribution in [0.25, 0.3) is 11.1 Å². The summed E-state index contributed by atoms with van der Waals surface area (Å²) < 4.78 is 56.2. The zero-order chi connectivity index (χ0) is 25.8. The van der Waals surface area contributed by atoms with Gasteiger partial charge in [0.05, 0.1) is 41.0 Å². The average molecular weight is 520 g/mol. The van der Waals surface area contributed by atoms with E-state index < -0.39 is 55.1 Å². The third-order valence-electron chi connectivity index (χ3n) is 6.06. The molecule has 0 aliphatic carbocycles. The minimum atomic E-state index is -2.93. The van der Waals surface area contributed by atoms with Gasteiger partial charge in [0, 0.05) is 23.5 Å². The molecular formula is C24H18ClF4N5O2. The standard InChI is InChI=1S/C24H18ClF4N5O2/c1-12-21-14(3-2-6-30-21)20-17(8-18(32-22(20)27)33-10-24(28,29)11-33)34(23(12)36)9-19(35)31-13-4-5-15(25)16(26)7-13/h2-8,12H,9-11H2,1H3,(H,31,35)/t12-/m0/s1. The van der Waals surface area contributed by atoms with E-state index in [-0.39, 0.29) is 33.5 Å². The third-order valence-corrected chi connectivity index (χ3v) is 6.37. The SMILES string of the molecule is C[C@@H]1C(=O)N(CC(=O)Nc2ccc(Cl)c(F)c2)c2cc(N3CC(F)(F)C3)nc(F)c2-c2cccnc21. The molecule has 1 fully saturated rings. The summed E-state index contributed by atoms with van der Waals surface area (Å²) >= 11 is 5.68. The van der Waals surface area contributed by atoms with E-state index in [0.29, 0.717) is 5.56 Å². The topological polar surface area (TPSA) is 78.4 Å². The number of amides is 2. The van der Waals surface area contributed by atoms with Gasteiger partial charge in [0.15, 0.2) is 0 Å². The number of benzene rings is 1. The van der Waals surface area contributed by atoms with E-state index in [0.717, 1.165) is 11.0 Å². The van der Waals surface area contributed by atoms with Crippen molar-refractivity contribution in [1.82, 2.24) is 9.97 Å². The molecule has 5 rings (SSSR count). The molecule has 4 heterocycles. The molecule has 0 saturated carbocycles. The molecule has 2 aliphatic heterocycles. The Labute approximate surface area is 207 Å². The van der Waals surface area contributed by atoms with Gasteiger partial charge in [-0.2, -0.15) is 4.39 Å². The summed E-state index contributed by atoms with van der Waals surface area (Å²) in [6.45, 7) is -0.290. The molecular weight excluding hydrogens is 502 g/mol. The van der Waals surface area contributed by atoms with Crippen LogP contribution in [0.3, 0.4) is 0 Å². The van der Waals surface area contributed by atoms with Gasteiger partial charge in [-0.05, 0) is 31.2 Å². The number of hydrogen-bond donors (Lipinski definition) is 1. The molecule has 7 nitrogen and oxygen atoms in total. The lowest BCUT2D eigenvalue weighted by molar-refractivity contribution is -0.122. The molecule has 3 aromatic rings. The Morgan fingerprint density at radius 2 is 1.97 bits per heavy atom. The highest BCUT2D eigenvalue weighted by Gasteiger charge is 2.45. The predicted molar refractivity (Wildman–Crippen MR) is 125 cm³/mol. The van der Waals surface area contributed by atoms with Gasteiger partial charge in [0.1, 0.15) is 18.2 Å². The second-order valence-corrected chi connectivity index (χ2v) is 9.04. The number of carbonyl (C=O) groups excluding carboxylic acids is 2. The van der Waals surface area contributed by atoms with Crippen molar-refractivity contribution in [2.24, 2.45) is 0 Å². The third kappa shape index (κ3) is 4.23. The van der Waals surface area contributed by atoms with Crippen molar-refractivity contribution in [2.75, 3.05) is 34.8 Å². The minimum absolute atomic E-state index is 0.00578. The lowest BCUT2D eigenvalue weighted by Crippen LogP contribution is -2.56. The molecule has 2 amide bonds. The first-order valence-corrected chi connectivity index (χ1v) is 11.3. The first kappa shape index (κ1) is 24.0. The Hall–Kier alpha value is -3.73. The van der Waals surface area contributed by atoms with Crippen molar-refractivity contribution in [2.45, 2.75) is 18.8 Å². The quantitative estimate of drug-likeness (QED) is 0.402. The molecule has 186 valence electrons. The molecule has 12 heteroatoms. The monoisotopic (exact) mass is 519 g/mol. The Kier molecular flexibility index (Phi) is 5.82. The summed E-state index contributed by atoms with van der Waals surface area (Å²) in [6.07, 6.45) is 1.46. The normalized spacial score (nSPS) is 18.2. The number of halogens is 5. The maximum atomic E-state index is 15.5. The van der Waals surface area contributed by atoms with Gasteiger partial charge in [-0.25, -0.2) is 18.2 Å². The molecule has 0 bridgehead atoms. The van der Waals surface area contributed by atoms with Gasteiger partial charge in [0.25, 0.3) is 5.92 Å². The summed E-state index contributed by atoms with van der Waals surface area (Å²) in [5.41, 5.74) is 0.620. The number of pyridine rings is 2. The van der Waals surface area contributed by atoms with Gasteiger partial charge in [-0.3, -0.25) is 14.6 Å². The molecule has 0 spiro atoms. The van der Waals surface area contributed by atoms with Gasteiger partial charge in [0.2, 0.25) is 17.8 Å². The number of hydrogen-bond acceptors (Lipinski definition) is 5. The number of alkyl halides is 2. The van der Waals surface area contributed by atoms with Gasteiger partial charge < -0.3 is 15.1 Å². The van der Waals surface area contributed by atoms with Crippen LogP contribution >= 0.6 is 11.6 Å². The molecule has 36 heavy (non-hydrogen) atoms. The minimum Gasteiger partial charge on any atom is -0.344 e. The maximum Gasteiger partial charge on any atom is 0.282 e. The molecule has 1 N–H and O–H groups in total. The van der Waals surface area contributed by atoms with Crippen LogP contribution in [-0.2, 0) is 9.59 Å². The fourth-order valence-electron chi connectivity index (χ4n) is 4.31. The number of rotatable bonds is 4. The van der Waals surface area contributed by atoms with E-state index in [1.54, 1.807) is 19.1 Å². The highest BCUT2D eigenvalue weighted by atomic mass is 35.5. The van der Waals surface area contributed by atoms with Crippen molar-refractivity contribution < 1.29 is 27.2 Å². The highest BCUT2D eigenvalue weighted by Crippen LogP contribution is 2.43. The Morgan fingerprint density at radius 3 is 2.67 bits per heavy atom. The van der Waals surface area contributed by atoms with Crippen molar-refractivity contribution in [3.63, 3.8) is 0 Å². The molecule has 2 aromatic heterocycles. The lowest BCUT2D eigenvalue weighted by atomic mass is 9.98. The number of fused-ring (bicyclic) bond motifs is 3. The van der Waals surface area contributed by atoms with Crippen molar-refractivity contribution >= 4 is 40.6 Å². The van der Waals surface area contributed by atoms with Gasteiger partial charge in [-0.15, -0.1) is 0 Å². The van der Waals surface area contributed by atoms with Crippen LogP contribution in [0.4, 0.5) is 34.8 Å². The van der Waals surface area contributed by atoms with Crippen LogP contribution in [0.5, 0.6) is 0 Å². The van der Waals surface area contributed by atoms with E-state index in [4.69, 9.17) is 11.6 Å². The van der Waals surface area contributed by atoms with Crippen LogP contribution < -0.4 is 15.1 Å². The average Bonchev–Trinajstić information content (AvgIpc) is 2.89. The lowest BCUT2D eigenvalue weighted by Gasteiger charge is -2.40. The predicted octanol–water partition coefficient (Wildman–Crippen LogP) is 4.62. The summed E-state index contributed by atoms with van der Waals surface area (Å²) in [6, 6.07) is 8.13. The highest BCUT2D eigenvalue weighted by molar-refractivity contribution is 6.30. The Balaban J connectivity index is 1.56. The second kappa shape index (κ2) is 8.74. The number of nitrogens with zero attached hydrogens (tertiary/aromatic N) is 4. The van der Waals surface area contributed by atoms with Gasteiger partial charge >= 0.3 is 0 Å². The number of anilines is 3. The van der Waals surface area contributed by atoms with Crippen molar-refractivity contribution in [3.05, 3.63) is 65.1 Å². The Morgan fingerprint density at radius 1 is 1.22 bits per heavy atom. The molecule has 0 unspecified atom stereocenters. The van der Waals surface area contributed by atoms with E-state index >= 15 is 4.39 Å². The van der Waals surface area contributed by atoms with Gasteiger partial charge in [-0.1, -0.05) is 17.7 Å². The summed E-state index contributed by atoms with van der Waals surface area (Å²) in [5, 5.41) is 2.36. The second-order valence-electron chi connectivity index (χ2n) is 8.64. The molecule has 1 atom stereocenters. The first-order chi connectivity index (χ1) is 17.0. The van der Waals surface area contributed by atoms with E-state index in [1.165, 1.54) is 29.3 Å². The number of carbonyl (C=O) groups is 2. The fourth-order valence-corrected chi connectivity index (χ4v) is 4.43. The zero-order valence-electron chi connectivity index (χ0n) is 18.7. The summed E-state index contributed by atoms with van der Waals surface area (Å²) in [4.78, 5) is 36.7. The van der Waals surface area contributed by atoms with E-state index in [2.05, 4.69) is 15.3 Å². The number of nitrogens with one attached hydrogen (secondary N) is 1. The molecule has 2 aliphatic rings. The fraction of sp³-hybridized carbons (Fsp3) is 0.250. The smallest absolute Gasteiger partial charge is 0.282 e. The Bertz CT molecular complexity index is 1390. The van der Waals surface area contributed by atoms with Crippen LogP contribution in [0, 0.1) is 11.8 Å².